The summed E-state index contributed by atoms with van der Waals surface area (Å²) in [7, 11) is 0. The van der Waals surface area contributed by atoms with Gasteiger partial charge in [0.25, 0.3) is 11.8 Å². The first kappa shape index (κ1) is 29.4. The minimum absolute atomic E-state index is 0.0305. The number of fused-ring (bicyclic) bond motifs is 1. The van der Waals surface area contributed by atoms with Gasteiger partial charge in [-0.25, -0.2) is 4.98 Å². The molecule has 0 aliphatic carbocycles. The number of aromatic nitrogens is 1. The third-order valence-corrected chi connectivity index (χ3v) is 8.83. The molecule has 0 spiro atoms. The van der Waals surface area contributed by atoms with Crippen LogP contribution >= 0.6 is 0 Å². The Hall–Kier alpha value is -4.70. The van der Waals surface area contributed by atoms with Crippen molar-refractivity contribution >= 4 is 35.2 Å². The van der Waals surface area contributed by atoms with Crippen molar-refractivity contribution in [2.45, 2.75) is 52.1 Å². The van der Waals surface area contributed by atoms with Gasteiger partial charge in [-0.05, 0) is 66.6 Å². The number of aryl methyl sites for hydroxylation is 3. The summed E-state index contributed by atoms with van der Waals surface area (Å²) in [5, 5.41) is 2.24. The monoisotopic (exact) mass is 593 g/mol. The van der Waals surface area contributed by atoms with Gasteiger partial charge in [-0.15, -0.1) is 0 Å². The lowest BCUT2D eigenvalue weighted by Gasteiger charge is -2.35. The average Bonchev–Trinajstić information content (AvgIpc) is 3.27. The Kier molecular flexibility index (Phi) is 8.09. The summed E-state index contributed by atoms with van der Waals surface area (Å²) in [6.07, 6.45) is 1.50. The first-order chi connectivity index (χ1) is 21.2. The van der Waals surface area contributed by atoms with E-state index in [2.05, 4.69) is 45.2 Å². The molecule has 10 heteroatoms. The van der Waals surface area contributed by atoms with E-state index >= 15 is 0 Å². The Morgan fingerprint density at radius 2 is 1.68 bits per heavy atom. The second kappa shape index (κ2) is 12.1. The van der Waals surface area contributed by atoms with Crippen molar-refractivity contribution in [3.63, 3.8) is 0 Å². The predicted octanol–water partition coefficient (Wildman–Crippen LogP) is 3.10. The number of anilines is 1. The molecule has 1 unspecified atom stereocenters. The largest absolute Gasteiger partial charge is 0.354 e. The molecule has 226 valence electrons. The lowest BCUT2D eigenvalue weighted by molar-refractivity contribution is -0.136. The summed E-state index contributed by atoms with van der Waals surface area (Å²) in [6, 6.07) is 16.4. The van der Waals surface area contributed by atoms with Gasteiger partial charge in [0.1, 0.15) is 17.6 Å². The maximum absolute atomic E-state index is 13.4. The molecule has 3 aromatic rings. The van der Waals surface area contributed by atoms with Crippen LogP contribution in [0.25, 0.3) is 0 Å². The number of carbonyl (C=O) groups excluding carboxylic acids is 5. The highest BCUT2D eigenvalue weighted by molar-refractivity contribution is 6.24. The van der Waals surface area contributed by atoms with Gasteiger partial charge in [-0.2, -0.15) is 0 Å². The summed E-state index contributed by atoms with van der Waals surface area (Å²) < 4.78 is 0. The molecule has 2 fully saturated rings. The van der Waals surface area contributed by atoms with Crippen LogP contribution in [0.3, 0.4) is 0 Å². The highest BCUT2D eigenvalue weighted by atomic mass is 16.2. The van der Waals surface area contributed by atoms with Gasteiger partial charge in [-0.3, -0.25) is 39.1 Å². The standard InChI is InChI=1S/C34H35N5O5/c1-21-19-23(10-12-25(21)20-37-15-17-38(18-16-37)29-8-4-7-27(35-29)22(2)40)9-11-24-5-3-6-26-31(24)34(44)39(33(26)43)28-13-14-30(41)36-32(28)42/h3-8,10,12,19,28H,9,11,13-18,20H2,1-2H3,(H,36,41,42). The maximum atomic E-state index is 13.4. The molecule has 0 bridgehead atoms. The third-order valence-electron chi connectivity index (χ3n) is 8.83. The summed E-state index contributed by atoms with van der Waals surface area (Å²) in [4.78, 5) is 72.5. The van der Waals surface area contributed by atoms with E-state index < -0.39 is 29.7 Å². The van der Waals surface area contributed by atoms with Crippen LogP contribution in [0.5, 0.6) is 0 Å². The van der Waals surface area contributed by atoms with Crippen LogP contribution in [0.2, 0.25) is 0 Å². The fourth-order valence-corrected chi connectivity index (χ4v) is 6.33. The van der Waals surface area contributed by atoms with Crippen molar-refractivity contribution in [1.82, 2.24) is 20.1 Å². The Balaban J connectivity index is 1.07. The molecule has 2 saturated heterocycles. The summed E-state index contributed by atoms with van der Waals surface area (Å²) in [6.45, 7) is 7.98. The molecule has 6 rings (SSSR count). The van der Waals surface area contributed by atoms with E-state index in [0.29, 0.717) is 29.7 Å². The number of nitrogens with one attached hydrogen (secondary N) is 1. The maximum Gasteiger partial charge on any atom is 0.262 e. The summed E-state index contributed by atoms with van der Waals surface area (Å²) in [5.74, 6) is -1.13. The predicted molar refractivity (Wildman–Crippen MR) is 163 cm³/mol. The number of imide groups is 2. The van der Waals surface area contributed by atoms with Crippen LogP contribution in [0.1, 0.15) is 73.2 Å². The molecular formula is C34H35N5O5. The minimum Gasteiger partial charge on any atom is -0.354 e. The average molecular weight is 594 g/mol. The van der Waals surface area contributed by atoms with Gasteiger partial charge < -0.3 is 4.90 Å². The number of Topliss-reactive ketones (excluding diaryl/α,β-unsaturated/α-hetero) is 1. The molecule has 4 heterocycles. The van der Waals surface area contributed by atoms with E-state index in [-0.39, 0.29) is 18.6 Å². The summed E-state index contributed by atoms with van der Waals surface area (Å²) >= 11 is 0. The van der Waals surface area contributed by atoms with E-state index in [1.54, 1.807) is 18.2 Å². The highest BCUT2D eigenvalue weighted by Crippen LogP contribution is 2.31. The lowest BCUT2D eigenvalue weighted by Crippen LogP contribution is -2.54. The Morgan fingerprint density at radius 1 is 0.909 bits per heavy atom. The number of benzene rings is 2. The zero-order chi connectivity index (χ0) is 31.0. The minimum atomic E-state index is -0.972. The number of hydrogen-bond donors (Lipinski definition) is 1. The van der Waals surface area contributed by atoms with E-state index in [1.807, 2.05) is 18.2 Å². The molecule has 10 nitrogen and oxygen atoms in total. The normalized spacial score (nSPS) is 18.9. The van der Waals surface area contributed by atoms with E-state index in [1.165, 1.54) is 18.1 Å². The molecule has 0 radical (unpaired) electrons. The molecule has 2 aromatic carbocycles. The lowest BCUT2D eigenvalue weighted by atomic mass is 9.95. The molecule has 3 aliphatic rings. The number of carbonyl (C=O) groups is 5. The van der Waals surface area contributed by atoms with E-state index in [0.717, 1.165) is 54.6 Å². The first-order valence-electron chi connectivity index (χ1n) is 15.1. The number of piperazine rings is 1. The number of piperidine rings is 1. The van der Waals surface area contributed by atoms with Crippen molar-refractivity contribution in [3.8, 4) is 0 Å². The van der Waals surface area contributed by atoms with Gasteiger partial charge >= 0.3 is 0 Å². The van der Waals surface area contributed by atoms with Crippen LogP contribution in [0, 0.1) is 6.92 Å². The Bertz CT molecular complexity index is 1680. The quantitative estimate of drug-likeness (QED) is 0.313. The van der Waals surface area contributed by atoms with Crippen molar-refractivity contribution in [1.29, 1.82) is 0 Å². The number of pyridine rings is 1. The SMILES string of the molecule is CC(=O)c1cccc(N2CCN(Cc3ccc(CCc4cccc5c4C(=O)N(C4CCC(=O)NC4=O)C5=O)cc3C)CC2)n1. The second-order valence-electron chi connectivity index (χ2n) is 11.7. The van der Waals surface area contributed by atoms with Crippen molar-refractivity contribution < 1.29 is 24.0 Å². The van der Waals surface area contributed by atoms with Crippen molar-refractivity contribution in [3.05, 3.63) is 93.7 Å². The smallest absolute Gasteiger partial charge is 0.262 e. The van der Waals surface area contributed by atoms with Crippen molar-refractivity contribution in [2.24, 2.45) is 0 Å². The summed E-state index contributed by atoms with van der Waals surface area (Å²) in [5.41, 5.74) is 5.55. The fourth-order valence-electron chi connectivity index (χ4n) is 6.33. The van der Waals surface area contributed by atoms with Crippen molar-refractivity contribution in [2.75, 3.05) is 31.1 Å². The van der Waals surface area contributed by atoms with Gasteiger partial charge in [0.05, 0.1) is 11.1 Å². The zero-order valence-electron chi connectivity index (χ0n) is 25.0. The zero-order valence-corrected chi connectivity index (χ0v) is 25.0. The molecule has 3 aliphatic heterocycles. The molecule has 1 atom stereocenters. The van der Waals surface area contributed by atoms with Crippen LogP contribution in [0.15, 0.2) is 54.6 Å². The topological polar surface area (TPSA) is 120 Å². The first-order valence-corrected chi connectivity index (χ1v) is 15.1. The number of rotatable bonds is 8. The third kappa shape index (κ3) is 5.77. The number of ketones is 1. The molecule has 1 N–H and O–H groups in total. The van der Waals surface area contributed by atoms with Gasteiger partial charge in [-0.1, -0.05) is 36.4 Å². The van der Waals surface area contributed by atoms with Gasteiger partial charge in [0.15, 0.2) is 5.78 Å². The van der Waals surface area contributed by atoms with Gasteiger partial charge in [0.2, 0.25) is 11.8 Å². The molecular weight excluding hydrogens is 558 g/mol. The Morgan fingerprint density at radius 3 is 2.41 bits per heavy atom. The van der Waals surface area contributed by atoms with Crippen LogP contribution < -0.4 is 10.2 Å². The number of nitrogens with zero attached hydrogens (tertiary/aromatic N) is 4. The Labute approximate surface area is 256 Å². The molecule has 44 heavy (non-hydrogen) atoms. The van der Waals surface area contributed by atoms with E-state index in [4.69, 9.17) is 0 Å². The molecule has 1 aromatic heterocycles. The van der Waals surface area contributed by atoms with Crippen LogP contribution in [-0.2, 0) is 29.0 Å². The number of hydrogen-bond acceptors (Lipinski definition) is 8. The highest BCUT2D eigenvalue weighted by Gasteiger charge is 2.45. The molecule has 0 saturated carbocycles. The second-order valence-corrected chi connectivity index (χ2v) is 11.7. The fraction of sp³-hybridized carbons (Fsp3) is 0.353. The van der Waals surface area contributed by atoms with Gasteiger partial charge in [0, 0.05) is 46.1 Å². The van der Waals surface area contributed by atoms with E-state index in [9.17, 15) is 24.0 Å². The van der Waals surface area contributed by atoms with Crippen LogP contribution in [-0.4, -0.2) is 76.4 Å². The molecule has 4 amide bonds. The number of amides is 4. The van der Waals surface area contributed by atoms with Crippen LogP contribution in [0.4, 0.5) is 5.82 Å².